The Balaban J connectivity index is 2.13. The third-order valence-corrected chi connectivity index (χ3v) is 3.63. The summed E-state index contributed by atoms with van der Waals surface area (Å²) >= 11 is 0. The summed E-state index contributed by atoms with van der Waals surface area (Å²) in [7, 11) is 1.62. The van der Waals surface area contributed by atoms with Gasteiger partial charge in [0.25, 0.3) is 5.91 Å². The van der Waals surface area contributed by atoms with E-state index in [0.717, 1.165) is 11.8 Å². The molecule has 0 aliphatic rings. The molecule has 0 saturated carbocycles. The van der Waals surface area contributed by atoms with Crippen LogP contribution in [0, 0.1) is 0 Å². The third kappa shape index (κ3) is 4.68. The minimum Gasteiger partial charge on any atom is -0.504 e. The Morgan fingerprint density at radius 1 is 1.31 bits per heavy atom. The average Bonchev–Trinajstić information content (AvgIpc) is 2.89. The number of aromatic hydroxyl groups is 1. The zero-order valence-electron chi connectivity index (χ0n) is 14.8. The molecule has 0 unspecified atom stereocenters. The van der Waals surface area contributed by atoms with Crippen LogP contribution in [0.5, 0.6) is 11.5 Å². The number of carbonyl (C=O) groups excluding carboxylic acids is 1. The molecular formula is C17H20F3N3O3. The van der Waals surface area contributed by atoms with E-state index in [9.17, 15) is 23.1 Å². The van der Waals surface area contributed by atoms with E-state index in [-0.39, 0.29) is 17.5 Å². The first-order valence-corrected chi connectivity index (χ1v) is 7.78. The van der Waals surface area contributed by atoms with Gasteiger partial charge in [0.2, 0.25) is 0 Å². The van der Waals surface area contributed by atoms with E-state index in [1.165, 1.54) is 16.8 Å². The first-order chi connectivity index (χ1) is 11.9. The fourth-order valence-electron chi connectivity index (χ4n) is 2.23. The zero-order valence-corrected chi connectivity index (χ0v) is 14.8. The number of rotatable bonds is 4. The summed E-state index contributed by atoms with van der Waals surface area (Å²) in [6, 6.07) is 5.33. The maximum Gasteiger partial charge on any atom is 0.573 e. The highest BCUT2D eigenvalue weighted by Crippen LogP contribution is 2.34. The van der Waals surface area contributed by atoms with Gasteiger partial charge >= 0.3 is 6.36 Å². The van der Waals surface area contributed by atoms with Crippen LogP contribution in [0.1, 0.15) is 42.5 Å². The minimum atomic E-state index is -4.92. The van der Waals surface area contributed by atoms with Crippen LogP contribution >= 0.6 is 0 Å². The van der Waals surface area contributed by atoms with Crippen LogP contribution < -0.4 is 10.1 Å². The number of nitrogens with one attached hydrogen (secondary N) is 1. The van der Waals surface area contributed by atoms with Gasteiger partial charge in [0.15, 0.2) is 11.5 Å². The van der Waals surface area contributed by atoms with Crippen molar-refractivity contribution >= 4 is 5.91 Å². The van der Waals surface area contributed by atoms with Crippen molar-refractivity contribution in [1.29, 1.82) is 0 Å². The SMILES string of the molecule is Cn1nc(C(C)(C)C)cc1C(=O)NCc1cccc(OC(F)(F)F)c1O. The van der Waals surface area contributed by atoms with Crippen molar-refractivity contribution in [2.24, 2.45) is 7.05 Å². The van der Waals surface area contributed by atoms with Crippen LogP contribution in [0.2, 0.25) is 0 Å². The lowest BCUT2D eigenvalue weighted by Gasteiger charge is -2.13. The molecule has 0 fully saturated rings. The lowest BCUT2D eigenvalue weighted by atomic mass is 9.92. The number of aryl methyl sites for hydroxylation is 1. The van der Waals surface area contributed by atoms with Crippen LogP contribution in [0.15, 0.2) is 24.3 Å². The Morgan fingerprint density at radius 3 is 2.50 bits per heavy atom. The van der Waals surface area contributed by atoms with Crippen LogP contribution in [-0.2, 0) is 19.0 Å². The van der Waals surface area contributed by atoms with Crippen LogP contribution in [0.4, 0.5) is 13.2 Å². The summed E-state index contributed by atoms with van der Waals surface area (Å²) in [5, 5.41) is 16.8. The van der Waals surface area contributed by atoms with Crippen molar-refractivity contribution in [1.82, 2.24) is 15.1 Å². The Morgan fingerprint density at radius 2 is 1.96 bits per heavy atom. The van der Waals surface area contributed by atoms with Crippen molar-refractivity contribution in [3.05, 3.63) is 41.2 Å². The molecule has 0 atom stereocenters. The summed E-state index contributed by atoms with van der Waals surface area (Å²) in [5.74, 6) is -1.86. The molecule has 6 nitrogen and oxygen atoms in total. The van der Waals surface area contributed by atoms with Crippen molar-refractivity contribution in [3.8, 4) is 11.5 Å². The lowest BCUT2D eigenvalue weighted by molar-refractivity contribution is -0.275. The molecule has 1 aromatic heterocycles. The Hall–Kier alpha value is -2.71. The Labute approximate surface area is 148 Å². The van der Waals surface area contributed by atoms with Gasteiger partial charge in [-0.05, 0) is 12.1 Å². The van der Waals surface area contributed by atoms with E-state index in [1.807, 2.05) is 20.8 Å². The van der Waals surface area contributed by atoms with Crippen molar-refractivity contribution in [2.45, 2.75) is 39.1 Å². The monoisotopic (exact) mass is 371 g/mol. The maximum absolute atomic E-state index is 12.3. The molecule has 2 N–H and O–H groups in total. The molecule has 0 aliphatic carbocycles. The fraction of sp³-hybridized carbons (Fsp3) is 0.412. The van der Waals surface area contributed by atoms with Gasteiger partial charge in [0, 0.05) is 24.6 Å². The number of ether oxygens (including phenoxy) is 1. The number of hydrogen-bond acceptors (Lipinski definition) is 4. The van der Waals surface area contributed by atoms with E-state index in [2.05, 4.69) is 15.2 Å². The summed E-state index contributed by atoms with van der Waals surface area (Å²) < 4.78 is 42.1. The highest BCUT2D eigenvalue weighted by atomic mass is 19.4. The van der Waals surface area contributed by atoms with E-state index in [0.29, 0.717) is 5.69 Å². The number of para-hydroxylation sites is 1. The van der Waals surface area contributed by atoms with Gasteiger partial charge in [-0.15, -0.1) is 13.2 Å². The van der Waals surface area contributed by atoms with E-state index in [4.69, 9.17) is 0 Å². The van der Waals surface area contributed by atoms with E-state index in [1.54, 1.807) is 13.1 Å². The van der Waals surface area contributed by atoms with Crippen LogP contribution in [-0.4, -0.2) is 27.2 Å². The molecule has 0 spiro atoms. The maximum atomic E-state index is 12.3. The second kappa shape index (κ2) is 6.89. The normalized spacial score (nSPS) is 12.1. The fourth-order valence-corrected chi connectivity index (χ4v) is 2.23. The largest absolute Gasteiger partial charge is 0.573 e. The number of aromatic nitrogens is 2. The molecule has 1 aromatic carbocycles. The number of nitrogens with zero attached hydrogens (tertiary/aromatic N) is 2. The first-order valence-electron chi connectivity index (χ1n) is 7.78. The molecule has 0 aliphatic heterocycles. The van der Waals surface area contributed by atoms with Gasteiger partial charge in [-0.25, -0.2) is 0 Å². The molecule has 1 amide bonds. The second-order valence-corrected chi connectivity index (χ2v) is 6.78. The first kappa shape index (κ1) is 19.6. The Bertz CT molecular complexity index is 808. The molecular weight excluding hydrogens is 351 g/mol. The van der Waals surface area contributed by atoms with Gasteiger partial charge < -0.3 is 15.2 Å². The smallest absolute Gasteiger partial charge is 0.504 e. The number of phenolic OH excluding ortho intramolecular Hbond substituents is 1. The summed E-state index contributed by atoms with van der Waals surface area (Å²) in [6.07, 6.45) is -4.92. The van der Waals surface area contributed by atoms with Gasteiger partial charge in [0.1, 0.15) is 5.69 Å². The zero-order chi connectivity index (χ0) is 19.7. The van der Waals surface area contributed by atoms with Gasteiger partial charge in [-0.2, -0.15) is 5.10 Å². The highest BCUT2D eigenvalue weighted by Gasteiger charge is 2.32. The molecule has 9 heteroatoms. The van der Waals surface area contributed by atoms with Crippen molar-refractivity contribution < 1.29 is 27.8 Å². The molecule has 142 valence electrons. The molecule has 2 rings (SSSR count). The average molecular weight is 371 g/mol. The lowest BCUT2D eigenvalue weighted by Crippen LogP contribution is -2.25. The Kier molecular flexibility index (Phi) is 5.20. The highest BCUT2D eigenvalue weighted by molar-refractivity contribution is 5.92. The van der Waals surface area contributed by atoms with E-state index >= 15 is 0 Å². The molecule has 0 bridgehead atoms. The predicted molar refractivity (Wildman–Crippen MR) is 87.9 cm³/mol. The number of halogens is 3. The number of carbonyl (C=O) groups is 1. The number of hydrogen-bond donors (Lipinski definition) is 2. The number of benzene rings is 1. The molecule has 2 aromatic rings. The number of amides is 1. The van der Waals surface area contributed by atoms with Gasteiger partial charge in [-0.3, -0.25) is 9.48 Å². The van der Waals surface area contributed by atoms with Gasteiger partial charge in [0.05, 0.1) is 5.69 Å². The summed E-state index contributed by atoms with van der Waals surface area (Å²) in [6.45, 7) is 5.71. The number of alkyl halides is 3. The minimum absolute atomic E-state index is 0.0957. The van der Waals surface area contributed by atoms with Crippen LogP contribution in [0.25, 0.3) is 0 Å². The number of phenols is 1. The topological polar surface area (TPSA) is 76.4 Å². The molecule has 26 heavy (non-hydrogen) atoms. The second-order valence-electron chi connectivity index (χ2n) is 6.78. The quantitative estimate of drug-likeness (QED) is 0.865. The van der Waals surface area contributed by atoms with Crippen molar-refractivity contribution in [3.63, 3.8) is 0 Å². The molecule has 0 saturated heterocycles. The van der Waals surface area contributed by atoms with Crippen LogP contribution in [0.3, 0.4) is 0 Å². The summed E-state index contributed by atoms with van der Waals surface area (Å²) in [5.41, 5.74) is 0.890. The third-order valence-electron chi connectivity index (χ3n) is 3.63. The van der Waals surface area contributed by atoms with Gasteiger partial charge in [-0.1, -0.05) is 32.9 Å². The predicted octanol–water partition coefficient (Wildman–Crippen LogP) is 3.25. The standard InChI is InChI=1S/C17H20F3N3O3/c1-16(2,3)13-8-11(23(4)22-13)15(25)21-9-10-6-5-7-12(14(10)24)26-17(18,19)20/h5-8,24H,9H2,1-4H3,(H,21,25). The summed E-state index contributed by atoms with van der Waals surface area (Å²) in [4.78, 5) is 12.3. The molecule has 1 heterocycles. The molecule has 0 radical (unpaired) electrons. The van der Waals surface area contributed by atoms with Crippen molar-refractivity contribution in [2.75, 3.05) is 0 Å². The van der Waals surface area contributed by atoms with E-state index < -0.39 is 23.8 Å².